The van der Waals surface area contributed by atoms with Crippen LogP contribution < -0.4 is 0 Å². The number of benzene rings is 1. The Kier molecular flexibility index (Phi) is 2.03. The maximum atomic E-state index is 8.65. The molecule has 0 bridgehead atoms. The maximum absolute atomic E-state index is 8.65. The largest absolute Gasteiger partial charge is 0.225 e. The Morgan fingerprint density at radius 2 is 2.43 bits per heavy atom. The molecule has 0 atom stereocenters. The molecule has 0 aliphatic heterocycles. The van der Waals surface area contributed by atoms with Crippen molar-refractivity contribution in [1.82, 2.24) is 4.98 Å². The molecule has 2 rings (SSSR count). The van der Waals surface area contributed by atoms with Crippen LogP contribution >= 0.6 is 11.3 Å². The summed E-state index contributed by atoms with van der Waals surface area (Å²) in [6, 6.07) is 7.23. The van der Waals surface area contributed by atoms with Gasteiger partial charge in [0.15, 0.2) is 5.01 Å². The van der Waals surface area contributed by atoms with Crippen molar-refractivity contribution in [3.05, 3.63) is 33.6 Å². The van der Waals surface area contributed by atoms with Gasteiger partial charge in [0.25, 0.3) is 0 Å². The monoisotopic (exact) mass is 201 g/mol. The number of para-hydroxylation sites is 1. The summed E-state index contributed by atoms with van der Waals surface area (Å²) in [7, 11) is 0. The summed E-state index contributed by atoms with van der Waals surface area (Å²) in [5.41, 5.74) is 9.36. The van der Waals surface area contributed by atoms with Gasteiger partial charge >= 0.3 is 0 Å². The van der Waals surface area contributed by atoms with Gasteiger partial charge in [-0.1, -0.05) is 17.2 Å². The van der Waals surface area contributed by atoms with E-state index in [2.05, 4.69) is 15.0 Å². The summed E-state index contributed by atoms with van der Waals surface area (Å²) in [6.45, 7) is 0. The number of hydrogen-bond donors (Lipinski definition) is 0. The molecule has 0 radical (unpaired) electrons. The van der Waals surface area contributed by atoms with Crippen molar-refractivity contribution in [3.8, 4) is 6.07 Å². The highest BCUT2D eigenvalue weighted by Crippen LogP contribution is 2.29. The molecule has 0 fully saturated rings. The minimum atomic E-state index is 0.376. The Bertz CT molecular complexity index is 573. The van der Waals surface area contributed by atoms with Crippen molar-refractivity contribution >= 4 is 27.2 Å². The molecule has 0 spiro atoms. The zero-order valence-corrected chi connectivity index (χ0v) is 7.69. The summed E-state index contributed by atoms with van der Waals surface area (Å²) in [4.78, 5) is 6.74. The Labute approximate surface area is 82.9 Å². The van der Waals surface area contributed by atoms with E-state index < -0.39 is 0 Å². The van der Waals surface area contributed by atoms with E-state index in [1.165, 1.54) is 11.3 Å². The molecule has 0 aliphatic rings. The summed E-state index contributed by atoms with van der Waals surface area (Å²) < 4.78 is 0.853. The number of nitrogens with zero attached hydrogens (tertiary/aromatic N) is 5. The lowest BCUT2D eigenvalue weighted by Gasteiger charge is -1.90. The predicted molar refractivity (Wildman–Crippen MR) is 53.1 cm³/mol. The van der Waals surface area contributed by atoms with Crippen molar-refractivity contribution in [2.45, 2.75) is 0 Å². The van der Waals surface area contributed by atoms with Gasteiger partial charge in [0.05, 0.1) is 15.9 Å². The van der Waals surface area contributed by atoms with E-state index in [1.54, 1.807) is 12.1 Å². The number of fused-ring (bicyclic) bond motifs is 1. The summed E-state index contributed by atoms with van der Waals surface area (Å²) in [6.07, 6.45) is 0. The fourth-order valence-electron chi connectivity index (χ4n) is 1.11. The first-order valence-electron chi connectivity index (χ1n) is 3.70. The maximum Gasteiger partial charge on any atom is 0.195 e. The molecule has 66 valence electrons. The zero-order valence-electron chi connectivity index (χ0n) is 6.88. The number of rotatable bonds is 1. The third kappa shape index (κ3) is 1.27. The van der Waals surface area contributed by atoms with Crippen LogP contribution in [0.25, 0.3) is 20.7 Å². The number of hydrogen-bond acceptors (Lipinski definition) is 4. The quantitative estimate of drug-likeness (QED) is 0.403. The average molecular weight is 201 g/mol. The van der Waals surface area contributed by atoms with Crippen molar-refractivity contribution in [1.29, 1.82) is 5.26 Å². The molecular weight excluding hydrogens is 198 g/mol. The smallest absolute Gasteiger partial charge is 0.195 e. The van der Waals surface area contributed by atoms with Gasteiger partial charge in [-0.3, -0.25) is 0 Å². The molecule has 6 heteroatoms. The molecule has 0 saturated heterocycles. The second-order valence-corrected chi connectivity index (χ2v) is 3.47. The van der Waals surface area contributed by atoms with Gasteiger partial charge in [-0.25, -0.2) is 4.98 Å². The van der Waals surface area contributed by atoms with Crippen LogP contribution in [0.15, 0.2) is 23.3 Å². The van der Waals surface area contributed by atoms with Gasteiger partial charge in [0.2, 0.25) is 0 Å². The molecule has 0 saturated carbocycles. The molecule has 1 heterocycles. The summed E-state index contributed by atoms with van der Waals surface area (Å²) >= 11 is 1.28. The Hall–Kier alpha value is -2.09. The normalized spacial score (nSPS) is 9.36. The summed E-state index contributed by atoms with van der Waals surface area (Å²) in [5.74, 6) is 0. The topological polar surface area (TPSA) is 85.4 Å². The minimum absolute atomic E-state index is 0.376. The van der Waals surface area contributed by atoms with Crippen LogP contribution in [0.2, 0.25) is 0 Å². The molecule has 5 nitrogen and oxygen atoms in total. The second kappa shape index (κ2) is 3.34. The zero-order chi connectivity index (χ0) is 9.97. The Balaban J connectivity index is 2.80. The van der Waals surface area contributed by atoms with Crippen molar-refractivity contribution in [2.75, 3.05) is 0 Å². The van der Waals surface area contributed by atoms with Crippen LogP contribution in [-0.2, 0) is 0 Å². The van der Waals surface area contributed by atoms with Gasteiger partial charge in [-0.15, -0.1) is 11.3 Å². The van der Waals surface area contributed by atoms with E-state index in [-0.39, 0.29) is 0 Å². The van der Waals surface area contributed by atoms with E-state index in [9.17, 15) is 0 Å². The van der Waals surface area contributed by atoms with Gasteiger partial charge in [-0.2, -0.15) is 5.26 Å². The average Bonchev–Trinajstić information content (AvgIpc) is 2.62. The number of aromatic nitrogens is 1. The van der Waals surface area contributed by atoms with Crippen LogP contribution in [0.5, 0.6) is 0 Å². The minimum Gasteiger partial charge on any atom is -0.225 e. The summed E-state index contributed by atoms with van der Waals surface area (Å²) in [5, 5.41) is 12.5. The lowest BCUT2D eigenvalue weighted by molar-refractivity contribution is 1.38. The SMILES string of the molecule is N#Cc1nc2c(N=[N+]=[N-])cccc2s1. The molecule has 1 aromatic heterocycles. The van der Waals surface area contributed by atoms with E-state index in [0.29, 0.717) is 16.2 Å². The van der Waals surface area contributed by atoms with Crippen molar-refractivity contribution in [2.24, 2.45) is 5.11 Å². The van der Waals surface area contributed by atoms with Crippen LogP contribution in [-0.4, -0.2) is 4.98 Å². The highest BCUT2D eigenvalue weighted by molar-refractivity contribution is 7.19. The van der Waals surface area contributed by atoms with Crippen molar-refractivity contribution < 1.29 is 0 Å². The molecule has 14 heavy (non-hydrogen) atoms. The first-order valence-corrected chi connectivity index (χ1v) is 4.51. The molecule has 0 amide bonds. The number of nitriles is 1. The van der Waals surface area contributed by atoms with Crippen molar-refractivity contribution in [3.63, 3.8) is 0 Å². The second-order valence-electron chi connectivity index (χ2n) is 2.44. The van der Waals surface area contributed by atoms with Crippen LogP contribution in [0.3, 0.4) is 0 Å². The molecule has 0 unspecified atom stereocenters. The molecule has 1 aromatic carbocycles. The lowest BCUT2D eigenvalue weighted by Crippen LogP contribution is -1.70. The van der Waals surface area contributed by atoms with Gasteiger partial charge in [0.1, 0.15) is 6.07 Å². The number of azide groups is 1. The first kappa shape index (κ1) is 8.51. The van der Waals surface area contributed by atoms with E-state index in [0.717, 1.165) is 4.70 Å². The third-order valence-corrected chi connectivity index (χ3v) is 2.57. The number of thiazole rings is 1. The third-order valence-electron chi connectivity index (χ3n) is 1.65. The Morgan fingerprint density at radius 1 is 1.57 bits per heavy atom. The van der Waals surface area contributed by atoms with Crippen LogP contribution in [0, 0.1) is 11.3 Å². The highest BCUT2D eigenvalue weighted by atomic mass is 32.1. The standard InChI is InChI=1S/C8H3N5S/c9-4-7-11-8-5(12-13-10)2-1-3-6(8)14-7/h1-3H. The molecule has 2 aromatic rings. The Morgan fingerprint density at radius 3 is 3.14 bits per heavy atom. The lowest BCUT2D eigenvalue weighted by atomic mass is 10.3. The van der Waals surface area contributed by atoms with E-state index in [1.807, 2.05) is 12.1 Å². The van der Waals surface area contributed by atoms with Gasteiger partial charge < -0.3 is 0 Å². The van der Waals surface area contributed by atoms with E-state index >= 15 is 0 Å². The van der Waals surface area contributed by atoms with Crippen LogP contribution in [0.4, 0.5) is 5.69 Å². The van der Waals surface area contributed by atoms with Gasteiger partial charge in [-0.05, 0) is 11.6 Å². The van der Waals surface area contributed by atoms with Gasteiger partial charge in [0, 0.05) is 4.91 Å². The van der Waals surface area contributed by atoms with E-state index in [4.69, 9.17) is 10.8 Å². The first-order chi connectivity index (χ1) is 6.85. The molecule has 0 aliphatic carbocycles. The van der Waals surface area contributed by atoms with Crippen LogP contribution in [0.1, 0.15) is 5.01 Å². The molecule has 0 N–H and O–H groups in total. The predicted octanol–water partition coefficient (Wildman–Crippen LogP) is 3.11. The highest BCUT2D eigenvalue weighted by Gasteiger charge is 2.05. The molecular formula is C8H3N5S. The fraction of sp³-hybridized carbons (Fsp3) is 0. The fourth-order valence-corrected chi connectivity index (χ4v) is 1.90.